The van der Waals surface area contributed by atoms with Crippen LogP contribution in [0.3, 0.4) is 0 Å². The van der Waals surface area contributed by atoms with Crippen LogP contribution in [0.15, 0.2) is 11.8 Å². The zero-order valence-corrected chi connectivity index (χ0v) is 9.76. The number of rotatable bonds is 4. The molecular weight excluding hydrogens is 210 g/mol. The fourth-order valence-electron chi connectivity index (χ4n) is 2.65. The maximum atomic E-state index is 12.0. The molecule has 0 bridgehead atoms. The van der Waals surface area contributed by atoms with Crippen molar-refractivity contribution >= 4 is 0 Å². The molecule has 2 heterocycles. The summed E-state index contributed by atoms with van der Waals surface area (Å²) in [5.41, 5.74) is 4.73. The molecule has 0 saturated carbocycles. The van der Waals surface area contributed by atoms with Gasteiger partial charge < -0.3 is 5.01 Å². The Morgan fingerprint density at radius 1 is 1.56 bits per heavy atom. The van der Waals surface area contributed by atoms with Gasteiger partial charge in [0, 0.05) is 24.7 Å². The van der Waals surface area contributed by atoms with Crippen molar-refractivity contribution < 1.29 is 8.78 Å². The fraction of sp³-hybridized carbons (Fsp3) is 0.833. The van der Waals surface area contributed by atoms with E-state index in [4.69, 9.17) is 0 Å². The maximum absolute atomic E-state index is 12.0. The van der Waals surface area contributed by atoms with Gasteiger partial charge in [0.2, 0.25) is 6.43 Å². The molecule has 0 aromatic heterocycles. The summed E-state index contributed by atoms with van der Waals surface area (Å²) in [6.07, 6.45) is 3.98. The van der Waals surface area contributed by atoms with Gasteiger partial charge in [-0.05, 0) is 44.6 Å². The van der Waals surface area contributed by atoms with E-state index in [1.807, 2.05) is 0 Å². The minimum Gasteiger partial charge on any atom is -0.312 e. The third-order valence-corrected chi connectivity index (χ3v) is 3.44. The average Bonchev–Trinajstić information content (AvgIpc) is 2.56. The van der Waals surface area contributed by atoms with Gasteiger partial charge in [0.15, 0.2) is 0 Å². The zero-order valence-electron chi connectivity index (χ0n) is 9.76. The van der Waals surface area contributed by atoms with Crippen molar-refractivity contribution in [2.75, 3.05) is 6.54 Å². The average molecular weight is 230 g/mol. The van der Waals surface area contributed by atoms with Crippen LogP contribution in [0.2, 0.25) is 0 Å². The van der Waals surface area contributed by atoms with E-state index >= 15 is 0 Å². The van der Waals surface area contributed by atoms with Crippen molar-refractivity contribution in [3.05, 3.63) is 11.8 Å². The van der Waals surface area contributed by atoms with Crippen molar-refractivity contribution in [2.45, 2.75) is 51.5 Å². The summed E-state index contributed by atoms with van der Waals surface area (Å²) in [6, 6.07) is 0.426. The van der Waals surface area contributed by atoms with E-state index in [9.17, 15) is 8.78 Å². The molecule has 92 valence electrons. The summed E-state index contributed by atoms with van der Waals surface area (Å²) in [7, 11) is 0. The fourth-order valence-corrected chi connectivity index (χ4v) is 2.65. The van der Waals surface area contributed by atoms with E-state index in [2.05, 4.69) is 23.4 Å². The van der Waals surface area contributed by atoms with E-state index in [-0.39, 0.29) is 6.42 Å². The molecule has 0 amide bonds. The lowest BCUT2D eigenvalue weighted by Gasteiger charge is -2.32. The number of piperidine rings is 1. The van der Waals surface area contributed by atoms with Crippen molar-refractivity contribution in [3.8, 4) is 0 Å². The summed E-state index contributed by atoms with van der Waals surface area (Å²) in [4.78, 5) is 0. The molecule has 0 unspecified atom stereocenters. The zero-order chi connectivity index (χ0) is 11.5. The third-order valence-electron chi connectivity index (χ3n) is 3.44. The summed E-state index contributed by atoms with van der Waals surface area (Å²) < 4.78 is 24.1. The Morgan fingerprint density at radius 3 is 3.12 bits per heavy atom. The van der Waals surface area contributed by atoms with Crippen LogP contribution in [0.1, 0.15) is 39.0 Å². The predicted molar refractivity (Wildman–Crippen MR) is 60.0 cm³/mol. The van der Waals surface area contributed by atoms with Crippen LogP contribution in [-0.2, 0) is 0 Å². The molecule has 2 atom stereocenters. The molecule has 0 aliphatic carbocycles. The topological polar surface area (TPSA) is 15.3 Å². The van der Waals surface area contributed by atoms with E-state index in [0.29, 0.717) is 18.4 Å². The highest BCUT2D eigenvalue weighted by atomic mass is 19.3. The van der Waals surface area contributed by atoms with Crippen LogP contribution in [0, 0.1) is 5.92 Å². The molecule has 4 heteroatoms. The molecule has 16 heavy (non-hydrogen) atoms. The number of alkyl halides is 2. The highest BCUT2D eigenvalue weighted by Crippen LogP contribution is 2.31. The largest absolute Gasteiger partial charge is 0.312 e. The number of allylic oxidation sites excluding steroid dienone is 1. The van der Waals surface area contributed by atoms with Gasteiger partial charge in [-0.15, -0.1) is 0 Å². The molecule has 1 fully saturated rings. The van der Waals surface area contributed by atoms with Gasteiger partial charge in [0.05, 0.1) is 0 Å². The predicted octanol–water partition coefficient (Wildman–Crippen LogP) is 2.92. The van der Waals surface area contributed by atoms with Crippen LogP contribution in [-0.4, -0.2) is 24.0 Å². The minimum atomic E-state index is -2.13. The van der Waals surface area contributed by atoms with Gasteiger partial charge in [0.1, 0.15) is 0 Å². The Hall–Kier alpha value is -0.640. The quantitative estimate of drug-likeness (QED) is 0.798. The molecule has 2 aliphatic rings. The Kier molecular flexibility index (Phi) is 3.79. The first-order valence-electron chi connectivity index (χ1n) is 6.17. The molecule has 2 aliphatic heterocycles. The molecule has 1 saturated heterocycles. The van der Waals surface area contributed by atoms with E-state index in [0.717, 1.165) is 25.8 Å². The van der Waals surface area contributed by atoms with Crippen LogP contribution < -0.4 is 5.43 Å². The van der Waals surface area contributed by atoms with E-state index in [1.165, 1.54) is 5.70 Å². The first-order valence-corrected chi connectivity index (χ1v) is 6.17. The number of fused-ring (bicyclic) bond motifs is 1. The van der Waals surface area contributed by atoms with E-state index in [1.54, 1.807) is 0 Å². The molecule has 2 nitrogen and oxygen atoms in total. The summed E-state index contributed by atoms with van der Waals surface area (Å²) in [5.74, 6) is 0.605. The van der Waals surface area contributed by atoms with Crippen LogP contribution in [0.25, 0.3) is 0 Å². The Balaban J connectivity index is 1.75. The second-order valence-corrected chi connectivity index (χ2v) is 4.91. The highest BCUT2D eigenvalue weighted by molar-refractivity contribution is 5.13. The smallest absolute Gasteiger partial charge is 0.238 e. The van der Waals surface area contributed by atoms with Gasteiger partial charge in [-0.2, -0.15) is 0 Å². The molecule has 2 rings (SSSR count). The lowest BCUT2D eigenvalue weighted by Crippen LogP contribution is -2.40. The molecule has 0 aromatic carbocycles. The van der Waals surface area contributed by atoms with E-state index < -0.39 is 6.43 Å². The SMILES string of the molecule is C[C@H]1C=C2C[C@H](CCCC(F)F)CCN2N1. The maximum Gasteiger partial charge on any atom is 0.238 e. The summed E-state index contributed by atoms with van der Waals surface area (Å²) in [6.45, 7) is 3.16. The molecular formula is C12H20F2N2. The molecule has 1 N–H and O–H groups in total. The number of hydrogen-bond acceptors (Lipinski definition) is 2. The number of hydrazine groups is 1. The van der Waals surface area contributed by atoms with Crippen molar-refractivity contribution in [3.63, 3.8) is 0 Å². The summed E-state index contributed by atoms with van der Waals surface area (Å²) >= 11 is 0. The second-order valence-electron chi connectivity index (χ2n) is 4.91. The van der Waals surface area contributed by atoms with Gasteiger partial charge in [-0.3, -0.25) is 0 Å². The first-order chi connectivity index (χ1) is 7.65. The number of halogens is 2. The lowest BCUT2D eigenvalue weighted by molar-refractivity contribution is 0.127. The molecule has 0 spiro atoms. The van der Waals surface area contributed by atoms with Crippen molar-refractivity contribution in [1.82, 2.24) is 10.4 Å². The molecule has 0 aromatic rings. The lowest BCUT2D eigenvalue weighted by atomic mass is 9.90. The third kappa shape index (κ3) is 2.94. The van der Waals surface area contributed by atoms with Gasteiger partial charge in [-0.25, -0.2) is 14.2 Å². The Labute approximate surface area is 95.7 Å². The van der Waals surface area contributed by atoms with Gasteiger partial charge in [0.25, 0.3) is 0 Å². The van der Waals surface area contributed by atoms with Crippen molar-refractivity contribution in [2.24, 2.45) is 5.92 Å². The number of nitrogens with one attached hydrogen (secondary N) is 1. The van der Waals surface area contributed by atoms with Crippen LogP contribution in [0.4, 0.5) is 8.78 Å². The normalized spacial score (nSPS) is 29.5. The number of nitrogens with zero attached hydrogens (tertiary/aromatic N) is 1. The van der Waals surface area contributed by atoms with Crippen LogP contribution in [0.5, 0.6) is 0 Å². The Morgan fingerprint density at radius 2 is 2.38 bits per heavy atom. The van der Waals surface area contributed by atoms with Gasteiger partial charge >= 0.3 is 0 Å². The molecule has 0 radical (unpaired) electrons. The summed E-state index contributed by atoms with van der Waals surface area (Å²) in [5, 5.41) is 2.22. The second kappa shape index (κ2) is 5.13. The Bertz CT molecular complexity index is 266. The minimum absolute atomic E-state index is 0.0634. The van der Waals surface area contributed by atoms with Crippen LogP contribution >= 0.6 is 0 Å². The standard InChI is InChI=1S/C12H20F2N2/c1-9-7-11-8-10(3-2-4-12(13)14)5-6-16(11)15-9/h7,9-10,12,15H,2-6,8H2,1H3/t9-,10+/m0/s1. The highest BCUT2D eigenvalue weighted by Gasteiger charge is 2.27. The van der Waals surface area contributed by atoms with Gasteiger partial charge in [-0.1, -0.05) is 0 Å². The van der Waals surface area contributed by atoms with Crippen molar-refractivity contribution in [1.29, 1.82) is 0 Å². The number of hydrogen-bond donors (Lipinski definition) is 1. The first kappa shape index (κ1) is 11.8. The monoisotopic (exact) mass is 230 g/mol.